The minimum atomic E-state index is -0.266. The van der Waals surface area contributed by atoms with E-state index in [1.807, 2.05) is 43.3 Å². The number of halogens is 2. The van der Waals surface area contributed by atoms with Gasteiger partial charge in [0.15, 0.2) is 5.75 Å². The Labute approximate surface area is 246 Å². The lowest BCUT2D eigenvalue weighted by Crippen LogP contribution is -2.41. The largest absolute Gasteiger partial charge is 0.490 e. The molecule has 6 nitrogen and oxygen atoms in total. The first-order chi connectivity index (χ1) is 19.4. The third-order valence-electron chi connectivity index (χ3n) is 7.55. The van der Waals surface area contributed by atoms with E-state index in [1.54, 1.807) is 0 Å². The van der Waals surface area contributed by atoms with Gasteiger partial charge in [-0.15, -0.1) is 0 Å². The van der Waals surface area contributed by atoms with Gasteiger partial charge in [-0.05, 0) is 85.5 Å². The zero-order valence-corrected chi connectivity index (χ0v) is 24.4. The van der Waals surface area contributed by atoms with Gasteiger partial charge in [0, 0.05) is 31.4 Å². The van der Waals surface area contributed by atoms with E-state index in [2.05, 4.69) is 28.4 Å². The predicted molar refractivity (Wildman–Crippen MR) is 162 cm³/mol. The first-order valence-electron chi connectivity index (χ1n) is 14.1. The summed E-state index contributed by atoms with van der Waals surface area (Å²) in [7, 11) is 0. The molecule has 1 atom stereocenters. The lowest BCUT2D eigenvalue weighted by Gasteiger charge is -2.29. The van der Waals surface area contributed by atoms with Crippen molar-refractivity contribution >= 4 is 34.8 Å². The van der Waals surface area contributed by atoms with E-state index in [9.17, 15) is 4.79 Å². The molecule has 1 saturated carbocycles. The number of carbonyl (C=O) groups excluding carboxylic acids is 1. The Morgan fingerprint density at radius 2 is 1.80 bits per heavy atom. The molecule has 40 heavy (non-hydrogen) atoms. The molecule has 1 aliphatic heterocycles. The number of hydrogen-bond donors (Lipinski definition) is 2. The van der Waals surface area contributed by atoms with E-state index in [1.165, 1.54) is 16.8 Å². The fourth-order valence-corrected chi connectivity index (χ4v) is 6.01. The van der Waals surface area contributed by atoms with Crippen molar-refractivity contribution in [2.45, 2.75) is 51.6 Å². The van der Waals surface area contributed by atoms with E-state index < -0.39 is 0 Å². The molecule has 0 spiro atoms. The summed E-state index contributed by atoms with van der Waals surface area (Å²) in [4.78, 5) is 15.8. The Kier molecular flexibility index (Phi) is 9.40. The number of anilines is 1. The van der Waals surface area contributed by atoms with Gasteiger partial charge >= 0.3 is 0 Å². The molecule has 1 fully saturated rings. The number of rotatable bonds is 12. The van der Waals surface area contributed by atoms with Gasteiger partial charge in [0.1, 0.15) is 19.0 Å². The van der Waals surface area contributed by atoms with E-state index in [-0.39, 0.29) is 11.8 Å². The highest BCUT2D eigenvalue weighted by molar-refractivity contribution is 6.37. The zero-order valence-electron chi connectivity index (χ0n) is 22.9. The Hall–Kier alpha value is -2.93. The minimum absolute atomic E-state index is 0.143. The van der Waals surface area contributed by atoms with Crippen LogP contribution in [0.2, 0.25) is 10.0 Å². The first kappa shape index (κ1) is 28.6. The molecular formula is C32H37Cl2N3O3. The van der Waals surface area contributed by atoms with Crippen LogP contribution in [0.15, 0.2) is 54.6 Å². The van der Waals surface area contributed by atoms with Gasteiger partial charge < -0.3 is 25.4 Å². The van der Waals surface area contributed by atoms with Crippen LogP contribution in [-0.4, -0.2) is 43.2 Å². The highest BCUT2D eigenvalue weighted by Crippen LogP contribution is 2.35. The van der Waals surface area contributed by atoms with Crippen LogP contribution in [0.5, 0.6) is 11.5 Å². The second-order valence-electron chi connectivity index (χ2n) is 10.7. The fraction of sp³-hybridized carbons (Fsp3) is 0.406. The maximum Gasteiger partial charge on any atom is 0.227 e. The van der Waals surface area contributed by atoms with Gasteiger partial charge in [-0.25, -0.2) is 0 Å². The molecular weight excluding hydrogens is 545 g/mol. The van der Waals surface area contributed by atoms with Crippen molar-refractivity contribution in [1.29, 1.82) is 0 Å². The molecule has 1 unspecified atom stereocenters. The molecule has 0 saturated heterocycles. The molecule has 3 aromatic rings. The van der Waals surface area contributed by atoms with E-state index in [0.717, 1.165) is 49.1 Å². The third-order valence-corrected chi connectivity index (χ3v) is 8.11. The maximum atomic E-state index is 13.7. The Bertz CT molecular complexity index is 1300. The van der Waals surface area contributed by atoms with Crippen LogP contribution < -0.4 is 20.5 Å². The van der Waals surface area contributed by atoms with Crippen LogP contribution in [0.3, 0.4) is 0 Å². The van der Waals surface area contributed by atoms with Gasteiger partial charge in [-0.2, -0.15) is 0 Å². The molecule has 1 heterocycles. The quantitative estimate of drug-likeness (QED) is 0.241. The van der Waals surface area contributed by atoms with Crippen molar-refractivity contribution < 1.29 is 14.3 Å². The topological polar surface area (TPSA) is 76.8 Å². The van der Waals surface area contributed by atoms with E-state index in [0.29, 0.717) is 54.6 Å². The van der Waals surface area contributed by atoms with Crippen LogP contribution in [0.1, 0.15) is 41.5 Å². The molecule has 0 aromatic heterocycles. The number of fused-ring (bicyclic) bond motifs is 1. The summed E-state index contributed by atoms with van der Waals surface area (Å²) >= 11 is 12.5. The molecule has 0 bridgehead atoms. The van der Waals surface area contributed by atoms with Crippen molar-refractivity contribution in [1.82, 2.24) is 4.90 Å². The molecule has 8 heteroatoms. The molecule has 5 rings (SSSR count). The number of nitrogens with one attached hydrogen (secondary N) is 1. The lowest BCUT2D eigenvalue weighted by molar-refractivity contribution is -0.136. The first-order valence-corrected chi connectivity index (χ1v) is 14.8. The fourth-order valence-electron chi connectivity index (χ4n) is 5.31. The van der Waals surface area contributed by atoms with Gasteiger partial charge in [-0.3, -0.25) is 4.79 Å². The SMILES string of the molecule is Cc1cc(Cl)c(OCCOc2ccc(CC(CN)C(=O)N(Cc3cccc4c3NCCC4)C3CC3)cc2)c(Cl)c1. The number of carbonyl (C=O) groups is 1. The van der Waals surface area contributed by atoms with Gasteiger partial charge in [0.25, 0.3) is 0 Å². The van der Waals surface area contributed by atoms with Crippen molar-refractivity contribution in [3.05, 3.63) is 86.9 Å². The normalized spacial score (nSPS) is 15.1. The summed E-state index contributed by atoms with van der Waals surface area (Å²) in [6, 6.07) is 18.2. The van der Waals surface area contributed by atoms with Crippen molar-refractivity contribution in [2.24, 2.45) is 11.7 Å². The van der Waals surface area contributed by atoms with E-state index >= 15 is 0 Å². The van der Waals surface area contributed by atoms with Crippen molar-refractivity contribution in [3.63, 3.8) is 0 Å². The average Bonchev–Trinajstić information content (AvgIpc) is 3.79. The molecule has 1 aliphatic carbocycles. The van der Waals surface area contributed by atoms with Crippen LogP contribution in [0.25, 0.3) is 0 Å². The van der Waals surface area contributed by atoms with Gasteiger partial charge in [0.05, 0.1) is 16.0 Å². The molecule has 3 N–H and O–H groups in total. The average molecular weight is 583 g/mol. The second kappa shape index (κ2) is 13.2. The number of para-hydroxylation sites is 1. The Balaban J connectivity index is 1.16. The summed E-state index contributed by atoms with van der Waals surface area (Å²) in [5.41, 5.74) is 11.9. The molecule has 1 amide bonds. The summed E-state index contributed by atoms with van der Waals surface area (Å²) in [5.74, 6) is 1.07. The number of nitrogens with zero attached hydrogens (tertiary/aromatic N) is 1. The lowest BCUT2D eigenvalue weighted by atomic mass is 9.96. The highest BCUT2D eigenvalue weighted by Gasteiger charge is 2.36. The molecule has 212 valence electrons. The predicted octanol–water partition coefficient (Wildman–Crippen LogP) is 6.43. The number of ether oxygens (including phenoxy) is 2. The van der Waals surface area contributed by atoms with Crippen molar-refractivity contribution in [3.8, 4) is 11.5 Å². The van der Waals surface area contributed by atoms with Gasteiger partial charge in [-0.1, -0.05) is 53.5 Å². The Morgan fingerprint density at radius 1 is 1.07 bits per heavy atom. The van der Waals surface area contributed by atoms with Crippen LogP contribution in [0, 0.1) is 12.8 Å². The summed E-state index contributed by atoms with van der Waals surface area (Å²) in [6.07, 6.45) is 4.94. The van der Waals surface area contributed by atoms with E-state index in [4.69, 9.17) is 38.4 Å². The Morgan fingerprint density at radius 3 is 2.50 bits per heavy atom. The number of aryl methyl sites for hydroxylation is 2. The third kappa shape index (κ3) is 7.03. The summed E-state index contributed by atoms with van der Waals surface area (Å²) in [5, 5.41) is 4.53. The zero-order chi connectivity index (χ0) is 28.1. The number of amides is 1. The van der Waals surface area contributed by atoms with Crippen LogP contribution in [0.4, 0.5) is 5.69 Å². The van der Waals surface area contributed by atoms with Crippen molar-refractivity contribution in [2.75, 3.05) is 31.6 Å². The number of nitrogens with two attached hydrogens (primary N) is 1. The maximum absolute atomic E-state index is 13.7. The smallest absolute Gasteiger partial charge is 0.227 e. The highest BCUT2D eigenvalue weighted by atomic mass is 35.5. The van der Waals surface area contributed by atoms with Gasteiger partial charge in [0.2, 0.25) is 5.91 Å². The molecule has 0 radical (unpaired) electrons. The summed E-state index contributed by atoms with van der Waals surface area (Å²) < 4.78 is 11.6. The van der Waals surface area contributed by atoms with Crippen LogP contribution >= 0.6 is 23.2 Å². The summed E-state index contributed by atoms with van der Waals surface area (Å²) in [6.45, 7) is 4.51. The molecule has 2 aliphatic rings. The monoisotopic (exact) mass is 581 g/mol. The number of hydrogen-bond acceptors (Lipinski definition) is 5. The second-order valence-corrected chi connectivity index (χ2v) is 11.5. The minimum Gasteiger partial charge on any atom is -0.490 e. The molecule has 3 aromatic carbocycles. The van der Waals surface area contributed by atoms with Crippen LogP contribution in [-0.2, 0) is 24.2 Å². The standard InChI is InChI=1S/C32H37Cl2N3O3/c1-21-16-28(33)31(29(34)17-21)40-15-14-39-27-11-7-22(8-12-27)18-25(19-35)32(38)37(26-9-10-26)20-24-5-2-4-23-6-3-13-36-30(23)24/h2,4-5,7-8,11-12,16-17,25-26,36H,3,6,9-10,13-15,18-20,35H2,1H3. The number of benzene rings is 3.